The molecule has 0 atom stereocenters. The lowest BCUT2D eigenvalue weighted by atomic mass is 10.1. The molecule has 4 heteroatoms. The van der Waals surface area contributed by atoms with E-state index in [0.717, 1.165) is 11.1 Å². The number of rotatable bonds is 0. The molecular formula is C14H16N2OSi. The van der Waals surface area contributed by atoms with E-state index in [1.807, 2.05) is 18.2 Å². The summed E-state index contributed by atoms with van der Waals surface area (Å²) in [7, 11) is -1.39. The molecule has 2 aromatic rings. The van der Waals surface area contributed by atoms with Crippen molar-refractivity contribution in [3.05, 3.63) is 39.9 Å². The van der Waals surface area contributed by atoms with Crippen LogP contribution in [0.25, 0.3) is 10.9 Å². The first-order chi connectivity index (χ1) is 8.35. The second-order valence-corrected chi connectivity index (χ2v) is 10.1. The SMILES string of the molecule is Cc1nc2ccc(C#C[Si](C)(C)C)cc2c(=O)[nH]1. The largest absolute Gasteiger partial charge is 0.310 e. The number of fused-ring (bicyclic) bond motifs is 1. The van der Waals surface area contributed by atoms with Gasteiger partial charge >= 0.3 is 0 Å². The van der Waals surface area contributed by atoms with Crippen LogP contribution in [0.4, 0.5) is 0 Å². The number of hydrogen-bond donors (Lipinski definition) is 1. The topological polar surface area (TPSA) is 45.8 Å². The standard InChI is InChI=1S/C14H16N2OSi/c1-10-15-13-6-5-11(7-8-18(2,3)4)9-12(13)14(17)16-10/h5-6,9H,1-4H3,(H,15,16,17). The second kappa shape index (κ2) is 4.43. The summed E-state index contributed by atoms with van der Waals surface area (Å²) in [5.74, 6) is 3.78. The molecule has 0 fully saturated rings. The normalized spacial score (nSPS) is 11.1. The van der Waals surface area contributed by atoms with Gasteiger partial charge in [0.2, 0.25) is 0 Å². The molecule has 0 aliphatic heterocycles. The Morgan fingerprint density at radius 2 is 2.00 bits per heavy atom. The minimum Gasteiger partial charge on any atom is -0.310 e. The summed E-state index contributed by atoms with van der Waals surface area (Å²) in [6, 6.07) is 5.58. The zero-order valence-corrected chi connectivity index (χ0v) is 12.1. The number of H-pyrrole nitrogens is 1. The Morgan fingerprint density at radius 3 is 2.67 bits per heavy atom. The fraction of sp³-hybridized carbons (Fsp3) is 0.286. The highest BCUT2D eigenvalue weighted by Crippen LogP contribution is 2.10. The highest BCUT2D eigenvalue weighted by Gasteiger charge is 2.08. The van der Waals surface area contributed by atoms with E-state index in [4.69, 9.17) is 0 Å². The lowest BCUT2D eigenvalue weighted by Crippen LogP contribution is -2.16. The van der Waals surface area contributed by atoms with Crippen molar-refractivity contribution in [2.24, 2.45) is 0 Å². The lowest BCUT2D eigenvalue weighted by molar-refractivity contribution is 1.06. The first-order valence-corrected chi connectivity index (χ1v) is 9.39. The van der Waals surface area contributed by atoms with Crippen molar-refractivity contribution in [3.8, 4) is 11.5 Å². The maximum atomic E-state index is 11.8. The molecule has 1 aromatic heterocycles. The van der Waals surface area contributed by atoms with Crippen LogP contribution in [0.5, 0.6) is 0 Å². The van der Waals surface area contributed by atoms with Gasteiger partial charge in [0.1, 0.15) is 13.9 Å². The zero-order valence-electron chi connectivity index (χ0n) is 11.1. The second-order valence-electron chi connectivity index (χ2n) is 5.38. The monoisotopic (exact) mass is 256 g/mol. The maximum absolute atomic E-state index is 11.8. The molecule has 0 saturated carbocycles. The summed E-state index contributed by atoms with van der Waals surface area (Å²) >= 11 is 0. The van der Waals surface area contributed by atoms with Crippen molar-refractivity contribution in [1.82, 2.24) is 9.97 Å². The van der Waals surface area contributed by atoms with E-state index >= 15 is 0 Å². The van der Waals surface area contributed by atoms with Crippen molar-refractivity contribution in [1.29, 1.82) is 0 Å². The zero-order chi connectivity index (χ0) is 13.3. The van der Waals surface area contributed by atoms with Gasteiger partial charge in [0.05, 0.1) is 10.9 Å². The number of benzene rings is 1. The third-order valence-corrected chi connectivity index (χ3v) is 3.28. The van der Waals surface area contributed by atoms with E-state index < -0.39 is 8.07 Å². The summed E-state index contributed by atoms with van der Waals surface area (Å²) < 4.78 is 0. The van der Waals surface area contributed by atoms with Crippen LogP contribution in [-0.4, -0.2) is 18.0 Å². The van der Waals surface area contributed by atoms with Gasteiger partial charge in [0, 0.05) is 5.56 Å². The number of aromatic nitrogens is 2. The Labute approximate surface area is 107 Å². The fourth-order valence-electron chi connectivity index (χ4n) is 1.59. The minimum absolute atomic E-state index is 0.103. The Balaban J connectivity index is 2.57. The summed E-state index contributed by atoms with van der Waals surface area (Å²) in [4.78, 5) is 18.8. The van der Waals surface area contributed by atoms with Crippen LogP contribution in [0.1, 0.15) is 11.4 Å². The Morgan fingerprint density at radius 1 is 1.28 bits per heavy atom. The smallest absolute Gasteiger partial charge is 0.258 e. The molecule has 0 unspecified atom stereocenters. The molecule has 1 heterocycles. The van der Waals surface area contributed by atoms with Crippen LogP contribution in [-0.2, 0) is 0 Å². The molecule has 0 aliphatic carbocycles. The lowest BCUT2D eigenvalue weighted by Gasteiger charge is -2.03. The number of nitrogens with zero attached hydrogens (tertiary/aromatic N) is 1. The van der Waals surface area contributed by atoms with E-state index in [1.165, 1.54) is 0 Å². The summed E-state index contributed by atoms with van der Waals surface area (Å²) in [6.07, 6.45) is 0. The van der Waals surface area contributed by atoms with Gasteiger partial charge in [-0.1, -0.05) is 25.6 Å². The summed E-state index contributed by atoms with van der Waals surface area (Å²) in [5, 5.41) is 0.600. The molecule has 0 spiro atoms. The predicted molar refractivity (Wildman–Crippen MR) is 77.3 cm³/mol. The van der Waals surface area contributed by atoms with Gasteiger partial charge in [-0.3, -0.25) is 4.79 Å². The molecule has 18 heavy (non-hydrogen) atoms. The molecule has 0 saturated heterocycles. The van der Waals surface area contributed by atoms with E-state index in [2.05, 4.69) is 41.1 Å². The van der Waals surface area contributed by atoms with Gasteiger partial charge in [-0.25, -0.2) is 4.98 Å². The number of nitrogens with one attached hydrogen (secondary N) is 1. The van der Waals surface area contributed by atoms with Gasteiger partial charge in [-0.05, 0) is 25.1 Å². The highest BCUT2D eigenvalue weighted by molar-refractivity contribution is 6.83. The number of aryl methyl sites for hydroxylation is 1. The third-order valence-electron chi connectivity index (χ3n) is 2.41. The van der Waals surface area contributed by atoms with Crippen LogP contribution in [0, 0.1) is 18.4 Å². The van der Waals surface area contributed by atoms with E-state index in [1.54, 1.807) is 6.92 Å². The molecule has 0 radical (unpaired) electrons. The minimum atomic E-state index is -1.39. The molecule has 0 aliphatic rings. The predicted octanol–water partition coefficient (Wildman–Crippen LogP) is 2.46. The Hall–Kier alpha value is -1.86. The molecular weight excluding hydrogens is 240 g/mol. The summed E-state index contributed by atoms with van der Waals surface area (Å²) in [5.41, 5.74) is 4.78. The molecule has 92 valence electrons. The first-order valence-electron chi connectivity index (χ1n) is 5.89. The number of aromatic amines is 1. The molecule has 3 nitrogen and oxygen atoms in total. The van der Waals surface area contributed by atoms with Crippen molar-refractivity contribution < 1.29 is 0 Å². The maximum Gasteiger partial charge on any atom is 0.258 e. The van der Waals surface area contributed by atoms with Crippen LogP contribution in [0.3, 0.4) is 0 Å². The van der Waals surface area contributed by atoms with Gasteiger partial charge in [0.25, 0.3) is 5.56 Å². The van der Waals surface area contributed by atoms with E-state index in [9.17, 15) is 4.79 Å². The van der Waals surface area contributed by atoms with Gasteiger partial charge in [-0.2, -0.15) is 0 Å². The van der Waals surface area contributed by atoms with Crippen LogP contribution in [0.15, 0.2) is 23.0 Å². The molecule has 0 amide bonds. The van der Waals surface area contributed by atoms with Crippen LogP contribution < -0.4 is 5.56 Å². The van der Waals surface area contributed by atoms with Crippen molar-refractivity contribution in [2.45, 2.75) is 26.6 Å². The van der Waals surface area contributed by atoms with Crippen LogP contribution >= 0.6 is 0 Å². The van der Waals surface area contributed by atoms with Gasteiger partial charge < -0.3 is 4.98 Å². The Bertz CT molecular complexity index is 714. The molecule has 1 N–H and O–H groups in total. The summed E-state index contributed by atoms with van der Waals surface area (Å²) in [6.45, 7) is 8.36. The van der Waals surface area contributed by atoms with E-state index in [-0.39, 0.29) is 5.56 Å². The highest BCUT2D eigenvalue weighted by atomic mass is 28.3. The van der Waals surface area contributed by atoms with Gasteiger partial charge in [-0.15, -0.1) is 5.54 Å². The van der Waals surface area contributed by atoms with Crippen molar-refractivity contribution >= 4 is 19.0 Å². The van der Waals surface area contributed by atoms with Crippen molar-refractivity contribution in [3.63, 3.8) is 0 Å². The first kappa shape index (κ1) is 12.6. The van der Waals surface area contributed by atoms with E-state index in [0.29, 0.717) is 11.2 Å². The Kier molecular flexibility index (Phi) is 3.10. The molecule has 0 bridgehead atoms. The average Bonchev–Trinajstić information content (AvgIpc) is 2.25. The quantitative estimate of drug-likeness (QED) is 0.581. The third kappa shape index (κ3) is 2.87. The average molecular weight is 256 g/mol. The van der Waals surface area contributed by atoms with Crippen molar-refractivity contribution in [2.75, 3.05) is 0 Å². The molecule has 2 rings (SSSR count). The van der Waals surface area contributed by atoms with Gasteiger partial charge in [0.15, 0.2) is 0 Å². The fourth-order valence-corrected chi connectivity index (χ4v) is 2.11. The number of hydrogen-bond acceptors (Lipinski definition) is 2. The molecule has 1 aromatic carbocycles. The van der Waals surface area contributed by atoms with Crippen LogP contribution in [0.2, 0.25) is 19.6 Å².